The van der Waals surface area contributed by atoms with E-state index in [1.54, 1.807) is 6.92 Å². The molecule has 0 heterocycles. The van der Waals surface area contributed by atoms with E-state index in [0.29, 0.717) is 0 Å². The number of rotatable bonds is 2. The molecule has 0 saturated carbocycles. The quantitative estimate of drug-likeness (QED) is 0.583. The molecule has 0 amide bonds. The van der Waals surface area contributed by atoms with Crippen molar-refractivity contribution >= 4 is 0 Å². The Morgan fingerprint density at radius 2 is 1.90 bits per heavy atom. The normalized spacial score (nSPS) is 18.3. The number of allylic oxidation sites excluding steroid dienone is 1. The maximum Gasteiger partial charge on any atom is 0.103 e. The van der Waals surface area contributed by atoms with Gasteiger partial charge in [-0.1, -0.05) is 12.7 Å². The predicted molar refractivity (Wildman–Crippen MR) is 44.9 cm³/mol. The fourth-order valence-electron chi connectivity index (χ4n) is 0.618. The van der Waals surface area contributed by atoms with Crippen LogP contribution < -0.4 is 0 Å². The van der Waals surface area contributed by atoms with Crippen LogP contribution in [0.15, 0.2) is 23.8 Å². The highest BCUT2D eigenvalue weighted by molar-refractivity contribution is 5.25. The first-order chi connectivity index (χ1) is 4.42. The predicted octanol–water partition coefficient (Wildman–Crippen LogP) is 2.28. The first-order valence-corrected chi connectivity index (χ1v) is 3.44. The van der Waals surface area contributed by atoms with Gasteiger partial charge in [-0.2, -0.15) is 0 Å². The van der Waals surface area contributed by atoms with Crippen molar-refractivity contribution in [2.24, 2.45) is 0 Å². The first kappa shape index (κ1) is 9.44. The molecule has 0 rings (SSSR count). The molecule has 58 valence electrons. The van der Waals surface area contributed by atoms with Gasteiger partial charge < -0.3 is 5.11 Å². The Morgan fingerprint density at radius 3 is 2.00 bits per heavy atom. The molecule has 0 fully saturated rings. The summed E-state index contributed by atoms with van der Waals surface area (Å²) < 4.78 is 0. The number of hydrogen-bond donors (Lipinski definition) is 1. The summed E-state index contributed by atoms with van der Waals surface area (Å²) in [6, 6.07) is 0. The van der Waals surface area contributed by atoms with Crippen molar-refractivity contribution in [2.45, 2.75) is 33.3 Å². The second-order valence-corrected chi connectivity index (χ2v) is 2.82. The van der Waals surface area contributed by atoms with Gasteiger partial charge in [-0.25, -0.2) is 0 Å². The molecule has 0 aromatic rings. The molecule has 0 aliphatic rings. The summed E-state index contributed by atoms with van der Waals surface area (Å²) in [5.74, 6) is 0. The highest BCUT2D eigenvalue weighted by atomic mass is 16.3. The van der Waals surface area contributed by atoms with Crippen molar-refractivity contribution < 1.29 is 5.11 Å². The minimum Gasteiger partial charge on any atom is -0.381 e. The number of aliphatic hydroxyl groups is 1. The first-order valence-electron chi connectivity index (χ1n) is 3.44. The average molecular weight is 140 g/mol. The van der Waals surface area contributed by atoms with Gasteiger partial charge in [-0.3, -0.25) is 0 Å². The maximum absolute atomic E-state index is 9.69. The molecule has 1 atom stereocenters. The molecule has 0 saturated heterocycles. The third-order valence-corrected chi connectivity index (χ3v) is 2.03. The van der Waals surface area contributed by atoms with E-state index >= 15 is 0 Å². The van der Waals surface area contributed by atoms with Crippen LogP contribution >= 0.6 is 0 Å². The Labute approximate surface area is 63.1 Å². The van der Waals surface area contributed by atoms with E-state index in [2.05, 4.69) is 6.58 Å². The Bertz CT molecular complexity index is 164. The molecule has 1 nitrogen and oxygen atoms in total. The summed E-state index contributed by atoms with van der Waals surface area (Å²) in [4.78, 5) is 0. The van der Waals surface area contributed by atoms with E-state index < -0.39 is 5.60 Å². The minimum absolute atomic E-state index is 0.781. The fourth-order valence-corrected chi connectivity index (χ4v) is 0.618. The van der Waals surface area contributed by atoms with Crippen LogP contribution in [0.3, 0.4) is 0 Å². The molecule has 1 heteroatoms. The zero-order valence-corrected chi connectivity index (χ0v) is 7.23. The van der Waals surface area contributed by atoms with E-state index in [9.17, 15) is 5.11 Å². The van der Waals surface area contributed by atoms with Gasteiger partial charge in [-0.15, -0.1) is 0 Å². The SMILES string of the molecule is C=C(C)C(C)(O)/C(C)=C/C. The third-order valence-electron chi connectivity index (χ3n) is 2.03. The standard InChI is InChI=1S/C9H16O/c1-6-8(4)9(5,10)7(2)3/h6,10H,2H2,1,3-5H3/b8-6+. The Kier molecular flexibility index (Phi) is 2.85. The van der Waals surface area contributed by atoms with Crippen LogP contribution in [0.5, 0.6) is 0 Å². The van der Waals surface area contributed by atoms with Crippen molar-refractivity contribution in [1.82, 2.24) is 0 Å². The van der Waals surface area contributed by atoms with Crippen molar-refractivity contribution in [3.63, 3.8) is 0 Å². The van der Waals surface area contributed by atoms with E-state index in [4.69, 9.17) is 0 Å². The van der Waals surface area contributed by atoms with Gasteiger partial charge in [0.15, 0.2) is 0 Å². The zero-order chi connectivity index (χ0) is 8.36. The van der Waals surface area contributed by atoms with Crippen LogP contribution in [-0.2, 0) is 0 Å². The Hall–Kier alpha value is -0.560. The van der Waals surface area contributed by atoms with Crippen molar-refractivity contribution in [3.8, 4) is 0 Å². The van der Waals surface area contributed by atoms with E-state index in [1.165, 1.54) is 0 Å². The molecular weight excluding hydrogens is 124 g/mol. The van der Waals surface area contributed by atoms with Crippen LogP contribution in [0.4, 0.5) is 0 Å². The lowest BCUT2D eigenvalue weighted by Crippen LogP contribution is -2.26. The molecule has 0 bridgehead atoms. The molecule has 1 unspecified atom stereocenters. The minimum atomic E-state index is -0.825. The molecule has 0 radical (unpaired) electrons. The Morgan fingerprint density at radius 1 is 1.50 bits per heavy atom. The fraction of sp³-hybridized carbons (Fsp3) is 0.556. The van der Waals surface area contributed by atoms with Gasteiger partial charge in [0.2, 0.25) is 0 Å². The summed E-state index contributed by atoms with van der Waals surface area (Å²) in [7, 11) is 0. The average Bonchev–Trinajstić information content (AvgIpc) is 1.86. The second kappa shape index (κ2) is 3.02. The highest BCUT2D eigenvalue weighted by Crippen LogP contribution is 2.22. The second-order valence-electron chi connectivity index (χ2n) is 2.82. The molecular formula is C9H16O. The largest absolute Gasteiger partial charge is 0.381 e. The van der Waals surface area contributed by atoms with Crippen LogP contribution in [0, 0.1) is 0 Å². The van der Waals surface area contributed by atoms with Crippen molar-refractivity contribution in [3.05, 3.63) is 23.8 Å². The van der Waals surface area contributed by atoms with Crippen molar-refractivity contribution in [2.75, 3.05) is 0 Å². The topological polar surface area (TPSA) is 20.2 Å². The highest BCUT2D eigenvalue weighted by Gasteiger charge is 2.22. The van der Waals surface area contributed by atoms with Crippen molar-refractivity contribution in [1.29, 1.82) is 0 Å². The third kappa shape index (κ3) is 1.71. The van der Waals surface area contributed by atoms with Gasteiger partial charge in [0.1, 0.15) is 5.60 Å². The molecule has 0 aliphatic heterocycles. The molecule has 10 heavy (non-hydrogen) atoms. The lowest BCUT2D eigenvalue weighted by Gasteiger charge is -2.24. The summed E-state index contributed by atoms with van der Waals surface area (Å²) in [6.07, 6.45) is 1.90. The summed E-state index contributed by atoms with van der Waals surface area (Å²) in [5, 5.41) is 9.69. The summed E-state index contributed by atoms with van der Waals surface area (Å²) in [6.45, 7) is 11.1. The summed E-state index contributed by atoms with van der Waals surface area (Å²) >= 11 is 0. The van der Waals surface area contributed by atoms with Crippen LogP contribution in [-0.4, -0.2) is 10.7 Å². The van der Waals surface area contributed by atoms with E-state index in [0.717, 1.165) is 11.1 Å². The van der Waals surface area contributed by atoms with Crippen LogP contribution in [0.2, 0.25) is 0 Å². The van der Waals surface area contributed by atoms with Gasteiger partial charge in [-0.05, 0) is 38.8 Å². The van der Waals surface area contributed by atoms with Crippen LogP contribution in [0.25, 0.3) is 0 Å². The lowest BCUT2D eigenvalue weighted by molar-refractivity contribution is 0.138. The van der Waals surface area contributed by atoms with E-state index in [1.807, 2.05) is 26.8 Å². The molecule has 0 spiro atoms. The van der Waals surface area contributed by atoms with Gasteiger partial charge >= 0.3 is 0 Å². The van der Waals surface area contributed by atoms with E-state index in [-0.39, 0.29) is 0 Å². The smallest absolute Gasteiger partial charge is 0.103 e. The molecule has 0 aromatic carbocycles. The zero-order valence-electron chi connectivity index (χ0n) is 7.23. The maximum atomic E-state index is 9.69. The van der Waals surface area contributed by atoms with Crippen LogP contribution in [0.1, 0.15) is 27.7 Å². The van der Waals surface area contributed by atoms with Gasteiger partial charge in [0.25, 0.3) is 0 Å². The monoisotopic (exact) mass is 140 g/mol. The Balaban J connectivity index is 4.56. The molecule has 0 aliphatic carbocycles. The molecule has 0 aromatic heterocycles. The van der Waals surface area contributed by atoms with Gasteiger partial charge in [0, 0.05) is 0 Å². The lowest BCUT2D eigenvalue weighted by atomic mass is 9.90. The number of hydrogen-bond acceptors (Lipinski definition) is 1. The molecule has 1 N–H and O–H groups in total. The van der Waals surface area contributed by atoms with Gasteiger partial charge in [0.05, 0.1) is 0 Å². The summed E-state index contributed by atoms with van der Waals surface area (Å²) in [5.41, 5.74) is 0.900.